The van der Waals surface area contributed by atoms with Crippen molar-refractivity contribution < 1.29 is 14.3 Å². The molecule has 0 saturated carbocycles. The predicted molar refractivity (Wildman–Crippen MR) is 113 cm³/mol. The molecule has 3 rings (SSSR count). The Morgan fingerprint density at radius 2 is 1.96 bits per heavy atom. The minimum absolute atomic E-state index is 0.0787. The standard InChI is InChI=1S/C21H22BrClN2O3/c1-24(13-15-12-17(23)9-10-19(15)28-2)21(27)18-4-3-11-25(18)20(26)14-5-7-16(22)8-6-14/h5-10,12,18H,3-4,11,13H2,1-2H3. The van der Waals surface area contributed by atoms with E-state index in [0.29, 0.717) is 35.8 Å². The fourth-order valence-corrected chi connectivity index (χ4v) is 3.94. The SMILES string of the molecule is COc1ccc(Cl)cc1CN(C)C(=O)C1CCCN1C(=O)c1ccc(Br)cc1. The highest BCUT2D eigenvalue weighted by atomic mass is 79.9. The molecule has 1 heterocycles. The molecule has 0 spiro atoms. The molecule has 2 amide bonds. The number of ether oxygens (including phenoxy) is 1. The first kappa shape index (κ1) is 20.7. The molecule has 1 fully saturated rings. The molecular weight excluding hydrogens is 444 g/mol. The Morgan fingerprint density at radius 3 is 2.64 bits per heavy atom. The Balaban J connectivity index is 1.74. The number of carbonyl (C=O) groups is 2. The first-order valence-corrected chi connectivity index (χ1v) is 10.2. The van der Waals surface area contributed by atoms with Crippen molar-refractivity contribution in [2.24, 2.45) is 0 Å². The second-order valence-electron chi connectivity index (χ2n) is 6.81. The Kier molecular flexibility index (Phi) is 6.62. The summed E-state index contributed by atoms with van der Waals surface area (Å²) in [6.07, 6.45) is 1.48. The van der Waals surface area contributed by atoms with Gasteiger partial charge >= 0.3 is 0 Å². The number of amides is 2. The van der Waals surface area contributed by atoms with Crippen LogP contribution in [0, 0.1) is 0 Å². The lowest BCUT2D eigenvalue weighted by Crippen LogP contribution is -2.46. The van der Waals surface area contributed by atoms with Crippen LogP contribution >= 0.6 is 27.5 Å². The zero-order chi connectivity index (χ0) is 20.3. The summed E-state index contributed by atoms with van der Waals surface area (Å²) >= 11 is 9.47. The van der Waals surface area contributed by atoms with Crippen molar-refractivity contribution in [3.8, 4) is 5.75 Å². The van der Waals surface area contributed by atoms with Crippen molar-refractivity contribution >= 4 is 39.3 Å². The molecule has 1 aliphatic heterocycles. The van der Waals surface area contributed by atoms with Crippen LogP contribution in [0.4, 0.5) is 0 Å². The van der Waals surface area contributed by atoms with Gasteiger partial charge in [-0.1, -0.05) is 27.5 Å². The van der Waals surface area contributed by atoms with Gasteiger partial charge in [0.05, 0.1) is 7.11 Å². The highest BCUT2D eigenvalue weighted by Crippen LogP contribution is 2.26. The molecular formula is C21H22BrClN2O3. The third-order valence-electron chi connectivity index (χ3n) is 4.92. The second kappa shape index (κ2) is 8.97. The van der Waals surface area contributed by atoms with E-state index in [1.807, 2.05) is 12.1 Å². The second-order valence-corrected chi connectivity index (χ2v) is 8.17. The van der Waals surface area contributed by atoms with E-state index in [-0.39, 0.29) is 11.8 Å². The summed E-state index contributed by atoms with van der Waals surface area (Å²) in [6.45, 7) is 0.943. The lowest BCUT2D eigenvalue weighted by molar-refractivity contribution is -0.134. The molecule has 5 nitrogen and oxygen atoms in total. The molecule has 28 heavy (non-hydrogen) atoms. The molecule has 1 unspecified atom stereocenters. The van der Waals surface area contributed by atoms with Gasteiger partial charge in [0.25, 0.3) is 5.91 Å². The average Bonchev–Trinajstić information content (AvgIpc) is 3.17. The Hall–Kier alpha value is -2.05. The van der Waals surface area contributed by atoms with Crippen molar-refractivity contribution in [3.05, 3.63) is 63.1 Å². The van der Waals surface area contributed by atoms with Gasteiger partial charge in [-0.15, -0.1) is 0 Å². The summed E-state index contributed by atoms with van der Waals surface area (Å²) in [5.74, 6) is 0.486. The third kappa shape index (κ3) is 4.50. The molecule has 7 heteroatoms. The number of likely N-dealkylation sites (N-methyl/N-ethyl adjacent to an activating group) is 1. The molecule has 0 bridgehead atoms. The summed E-state index contributed by atoms with van der Waals surface area (Å²) in [7, 11) is 3.33. The normalized spacial score (nSPS) is 16.1. The molecule has 0 aliphatic carbocycles. The van der Waals surface area contributed by atoms with Gasteiger partial charge in [0.15, 0.2) is 0 Å². The van der Waals surface area contributed by atoms with Gasteiger partial charge in [0.2, 0.25) is 5.91 Å². The molecule has 0 aromatic heterocycles. The Bertz CT molecular complexity index is 872. The zero-order valence-electron chi connectivity index (χ0n) is 15.8. The number of methoxy groups -OCH3 is 1. The van der Waals surface area contributed by atoms with Crippen molar-refractivity contribution in [2.75, 3.05) is 20.7 Å². The van der Waals surface area contributed by atoms with Crippen LogP contribution in [0.3, 0.4) is 0 Å². The predicted octanol–water partition coefficient (Wildman–Crippen LogP) is 4.37. The molecule has 2 aromatic rings. The smallest absolute Gasteiger partial charge is 0.254 e. The molecule has 1 saturated heterocycles. The summed E-state index contributed by atoms with van der Waals surface area (Å²) in [5, 5.41) is 0.588. The third-order valence-corrected chi connectivity index (χ3v) is 5.68. The number of carbonyl (C=O) groups excluding carboxylic acids is 2. The number of rotatable bonds is 5. The van der Waals surface area contributed by atoms with Gasteiger partial charge in [-0.25, -0.2) is 0 Å². The number of likely N-dealkylation sites (tertiary alicyclic amines) is 1. The zero-order valence-corrected chi connectivity index (χ0v) is 18.2. The van der Waals surface area contributed by atoms with E-state index in [1.54, 1.807) is 54.3 Å². The monoisotopic (exact) mass is 464 g/mol. The lowest BCUT2D eigenvalue weighted by atomic mass is 10.1. The first-order chi connectivity index (χ1) is 13.4. The van der Waals surface area contributed by atoms with Gasteiger partial charge < -0.3 is 14.5 Å². The maximum atomic E-state index is 13.1. The van der Waals surface area contributed by atoms with Gasteiger partial charge in [0.1, 0.15) is 11.8 Å². The number of hydrogen-bond donors (Lipinski definition) is 0. The van der Waals surface area contributed by atoms with Crippen LogP contribution in [0.2, 0.25) is 5.02 Å². The summed E-state index contributed by atoms with van der Waals surface area (Å²) in [5.41, 5.74) is 1.41. The van der Waals surface area contributed by atoms with Crippen molar-refractivity contribution in [1.29, 1.82) is 0 Å². The van der Waals surface area contributed by atoms with E-state index in [4.69, 9.17) is 16.3 Å². The van der Waals surface area contributed by atoms with E-state index in [1.165, 1.54) is 0 Å². The van der Waals surface area contributed by atoms with E-state index >= 15 is 0 Å². The topological polar surface area (TPSA) is 49.9 Å². The quantitative estimate of drug-likeness (QED) is 0.659. The molecule has 1 aliphatic rings. The Morgan fingerprint density at radius 1 is 1.25 bits per heavy atom. The van der Waals surface area contributed by atoms with Crippen molar-refractivity contribution in [1.82, 2.24) is 9.80 Å². The van der Waals surface area contributed by atoms with Crippen LogP contribution in [0.15, 0.2) is 46.9 Å². The molecule has 0 radical (unpaired) electrons. The highest BCUT2D eigenvalue weighted by molar-refractivity contribution is 9.10. The van der Waals surface area contributed by atoms with Crippen LogP contribution in [0.25, 0.3) is 0 Å². The maximum absolute atomic E-state index is 13.1. The number of hydrogen-bond acceptors (Lipinski definition) is 3. The van der Waals surface area contributed by atoms with E-state index in [9.17, 15) is 9.59 Å². The molecule has 148 valence electrons. The summed E-state index contributed by atoms with van der Waals surface area (Å²) < 4.78 is 6.28. The van der Waals surface area contributed by atoms with Crippen LogP contribution in [-0.2, 0) is 11.3 Å². The van der Waals surface area contributed by atoms with Gasteiger partial charge in [-0.2, -0.15) is 0 Å². The summed E-state index contributed by atoms with van der Waals surface area (Å²) in [6, 6.07) is 12.1. The van der Waals surface area contributed by atoms with Crippen LogP contribution in [-0.4, -0.2) is 48.4 Å². The van der Waals surface area contributed by atoms with E-state index in [0.717, 1.165) is 16.5 Å². The molecule has 2 aromatic carbocycles. The van der Waals surface area contributed by atoms with Crippen LogP contribution in [0.5, 0.6) is 5.75 Å². The van der Waals surface area contributed by atoms with Crippen LogP contribution in [0.1, 0.15) is 28.8 Å². The lowest BCUT2D eigenvalue weighted by Gasteiger charge is -2.28. The highest BCUT2D eigenvalue weighted by Gasteiger charge is 2.36. The van der Waals surface area contributed by atoms with Crippen molar-refractivity contribution in [2.45, 2.75) is 25.4 Å². The average molecular weight is 466 g/mol. The number of halogens is 2. The maximum Gasteiger partial charge on any atom is 0.254 e. The first-order valence-electron chi connectivity index (χ1n) is 9.04. The van der Waals surface area contributed by atoms with Crippen LogP contribution < -0.4 is 4.74 Å². The summed E-state index contributed by atoms with van der Waals surface area (Å²) in [4.78, 5) is 29.3. The van der Waals surface area contributed by atoms with E-state index < -0.39 is 6.04 Å². The van der Waals surface area contributed by atoms with Gasteiger partial charge in [0, 0.05) is 40.8 Å². The largest absolute Gasteiger partial charge is 0.496 e. The fraction of sp³-hybridized carbons (Fsp3) is 0.333. The van der Waals surface area contributed by atoms with Gasteiger partial charge in [-0.3, -0.25) is 9.59 Å². The van der Waals surface area contributed by atoms with Gasteiger partial charge in [-0.05, 0) is 55.3 Å². The minimum atomic E-state index is -0.452. The Labute approximate surface area is 178 Å². The molecule has 0 N–H and O–H groups in total. The molecule has 1 atom stereocenters. The van der Waals surface area contributed by atoms with Crippen molar-refractivity contribution in [3.63, 3.8) is 0 Å². The minimum Gasteiger partial charge on any atom is -0.496 e. The fourth-order valence-electron chi connectivity index (χ4n) is 3.48. The van der Waals surface area contributed by atoms with E-state index in [2.05, 4.69) is 15.9 Å². The number of nitrogens with zero attached hydrogens (tertiary/aromatic N) is 2. The number of benzene rings is 2.